The van der Waals surface area contributed by atoms with Gasteiger partial charge in [-0.1, -0.05) is 30.3 Å². The number of carbonyl (C=O) groups excluding carboxylic acids is 1. The van der Waals surface area contributed by atoms with Gasteiger partial charge < -0.3 is 10.6 Å². The van der Waals surface area contributed by atoms with Crippen molar-refractivity contribution in [2.24, 2.45) is 0 Å². The lowest BCUT2D eigenvalue weighted by molar-refractivity contribution is -0.120. The summed E-state index contributed by atoms with van der Waals surface area (Å²) in [5.74, 6) is -1.89. The first-order valence-corrected chi connectivity index (χ1v) is 7.97. The van der Waals surface area contributed by atoms with Gasteiger partial charge in [0.25, 0.3) is 0 Å². The topological polar surface area (TPSA) is 41.1 Å². The third-order valence-electron chi connectivity index (χ3n) is 3.99. The van der Waals surface area contributed by atoms with Crippen molar-refractivity contribution >= 4 is 5.91 Å². The van der Waals surface area contributed by atoms with E-state index in [-0.39, 0.29) is 18.5 Å². The second kappa shape index (κ2) is 8.55. The molecule has 0 saturated carbocycles. The predicted molar refractivity (Wildman–Crippen MR) is 90.7 cm³/mol. The number of hydrogen-bond acceptors (Lipinski definition) is 2. The summed E-state index contributed by atoms with van der Waals surface area (Å²) in [6.45, 7) is 4.52. The maximum absolute atomic E-state index is 13.2. The minimum absolute atomic E-state index is 0.119. The number of amides is 1. The molecule has 0 aliphatic carbocycles. The first kappa shape index (κ1) is 18.1. The van der Waals surface area contributed by atoms with Crippen LogP contribution in [0, 0.1) is 18.6 Å². The highest BCUT2D eigenvalue weighted by atomic mass is 19.2. The maximum atomic E-state index is 13.2. The molecule has 0 unspecified atom stereocenters. The standard InChI is InChI=1S/C19H22F2N2O/c1-13-5-3-4-6-15(13)9-10-22-19(24)12-23-14(2)16-7-8-17(20)18(21)11-16/h3-8,11,14,23H,9-10,12H2,1-2H3,(H,22,24)/t14-/m0/s1. The first-order chi connectivity index (χ1) is 11.5. The Bertz CT molecular complexity index is 704. The largest absolute Gasteiger partial charge is 0.355 e. The molecule has 0 radical (unpaired) electrons. The lowest BCUT2D eigenvalue weighted by Gasteiger charge is -2.14. The van der Waals surface area contributed by atoms with E-state index in [1.807, 2.05) is 31.2 Å². The lowest BCUT2D eigenvalue weighted by Crippen LogP contribution is -2.36. The number of hydrogen-bond donors (Lipinski definition) is 2. The molecule has 2 rings (SSSR count). The molecule has 1 atom stereocenters. The fourth-order valence-corrected chi connectivity index (χ4v) is 2.44. The highest BCUT2D eigenvalue weighted by Gasteiger charge is 2.10. The van der Waals surface area contributed by atoms with Crippen LogP contribution in [0.25, 0.3) is 0 Å². The van der Waals surface area contributed by atoms with E-state index in [9.17, 15) is 13.6 Å². The van der Waals surface area contributed by atoms with Gasteiger partial charge in [0.15, 0.2) is 11.6 Å². The van der Waals surface area contributed by atoms with Crippen molar-refractivity contribution < 1.29 is 13.6 Å². The molecule has 0 aliphatic heterocycles. The first-order valence-electron chi connectivity index (χ1n) is 7.97. The second-order valence-electron chi connectivity index (χ2n) is 5.80. The molecule has 2 N–H and O–H groups in total. The van der Waals surface area contributed by atoms with Crippen molar-refractivity contribution in [1.29, 1.82) is 0 Å². The molecule has 0 heterocycles. The van der Waals surface area contributed by atoms with E-state index in [1.165, 1.54) is 17.2 Å². The minimum atomic E-state index is -0.885. The Morgan fingerprint density at radius 3 is 2.58 bits per heavy atom. The summed E-state index contributed by atoms with van der Waals surface area (Å²) in [6.07, 6.45) is 0.775. The lowest BCUT2D eigenvalue weighted by atomic mass is 10.1. The van der Waals surface area contributed by atoms with Crippen LogP contribution < -0.4 is 10.6 Å². The van der Waals surface area contributed by atoms with Gasteiger partial charge in [0.2, 0.25) is 5.91 Å². The van der Waals surface area contributed by atoms with Crippen molar-refractivity contribution in [3.63, 3.8) is 0 Å². The van der Waals surface area contributed by atoms with Gasteiger partial charge in [0.1, 0.15) is 0 Å². The van der Waals surface area contributed by atoms with Crippen LogP contribution in [0.1, 0.15) is 29.7 Å². The van der Waals surface area contributed by atoms with Crippen molar-refractivity contribution in [2.45, 2.75) is 26.3 Å². The van der Waals surface area contributed by atoms with Gasteiger partial charge in [0, 0.05) is 12.6 Å². The molecule has 0 aliphatic rings. The number of rotatable bonds is 7. The smallest absolute Gasteiger partial charge is 0.233 e. The van der Waals surface area contributed by atoms with Gasteiger partial charge in [-0.15, -0.1) is 0 Å². The molecule has 0 fully saturated rings. The van der Waals surface area contributed by atoms with Crippen LogP contribution in [-0.4, -0.2) is 19.0 Å². The van der Waals surface area contributed by atoms with E-state index in [2.05, 4.69) is 10.6 Å². The SMILES string of the molecule is Cc1ccccc1CCNC(=O)CN[C@@H](C)c1ccc(F)c(F)c1. The monoisotopic (exact) mass is 332 g/mol. The minimum Gasteiger partial charge on any atom is -0.355 e. The Hall–Kier alpha value is -2.27. The molecule has 0 saturated heterocycles. The number of halogens is 2. The third kappa shape index (κ3) is 5.13. The fourth-order valence-electron chi connectivity index (χ4n) is 2.44. The van der Waals surface area contributed by atoms with E-state index in [1.54, 1.807) is 6.92 Å². The molecule has 1 amide bonds. The Morgan fingerprint density at radius 1 is 1.12 bits per heavy atom. The van der Waals surface area contributed by atoms with Crippen LogP contribution >= 0.6 is 0 Å². The summed E-state index contributed by atoms with van der Waals surface area (Å²) in [5.41, 5.74) is 3.01. The quantitative estimate of drug-likeness (QED) is 0.817. The molecule has 2 aromatic rings. The average molecular weight is 332 g/mol. The van der Waals surface area contributed by atoms with Gasteiger partial charge in [-0.3, -0.25) is 4.79 Å². The number of nitrogens with one attached hydrogen (secondary N) is 2. The Labute approximate surface area is 141 Å². The van der Waals surface area contributed by atoms with Crippen LogP contribution in [0.15, 0.2) is 42.5 Å². The highest BCUT2D eigenvalue weighted by molar-refractivity contribution is 5.78. The number of carbonyl (C=O) groups is 1. The van der Waals surface area contributed by atoms with E-state index < -0.39 is 11.6 Å². The zero-order valence-corrected chi connectivity index (χ0v) is 13.9. The summed E-state index contributed by atoms with van der Waals surface area (Å²) in [4.78, 5) is 11.9. The molecule has 0 bridgehead atoms. The van der Waals surface area contributed by atoms with Crippen LogP contribution in [0.2, 0.25) is 0 Å². The predicted octanol–water partition coefficient (Wildman–Crippen LogP) is 3.28. The summed E-state index contributed by atoms with van der Waals surface area (Å²) in [5, 5.41) is 5.85. The zero-order valence-electron chi connectivity index (χ0n) is 13.9. The highest BCUT2D eigenvalue weighted by Crippen LogP contribution is 2.15. The summed E-state index contributed by atoms with van der Waals surface area (Å²) in [6, 6.07) is 11.5. The summed E-state index contributed by atoms with van der Waals surface area (Å²) >= 11 is 0. The molecular formula is C19H22F2N2O. The van der Waals surface area contributed by atoms with Crippen molar-refractivity contribution in [3.05, 3.63) is 70.8 Å². The molecule has 128 valence electrons. The van der Waals surface area contributed by atoms with E-state index in [0.29, 0.717) is 12.1 Å². The normalized spacial score (nSPS) is 12.0. The van der Waals surface area contributed by atoms with Crippen LogP contribution in [0.4, 0.5) is 8.78 Å². The number of benzene rings is 2. The van der Waals surface area contributed by atoms with E-state index in [0.717, 1.165) is 18.6 Å². The van der Waals surface area contributed by atoms with Gasteiger partial charge in [-0.2, -0.15) is 0 Å². The summed E-state index contributed by atoms with van der Waals surface area (Å²) in [7, 11) is 0. The van der Waals surface area contributed by atoms with Crippen LogP contribution in [0.5, 0.6) is 0 Å². The molecular weight excluding hydrogens is 310 g/mol. The Kier molecular flexibility index (Phi) is 6.44. The van der Waals surface area contributed by atoms with Crippen LogP contribution in [-0.2, 0) is 11.2 Å². The van der Waals surface area contributed by atoms with Gasteiger partial charge in [-0.25, -0.2) is 8.78 Å². The molecule has 0 spiro atoms. The second-order valence-corrected chi connectivity index (χ2v) is 5.80. The molecule has 0 aromatic heterocycles. The van der Waals surface area contributed by atoms with Gasteiger partial charge in [-0.05, 0) is 49.1 Å². The number of aryl methyl sites for hydroxylation is 1. The third-order valence-corrected chi connectivity index (χ3v) is 3.99. The van der Waals surface area contributed by atoms with Crippen LogP contribution in [0.3, 0.4) is 0 Å². The molecule has 3 nitrogen and oxygen atoms in total. The van der Waals surface area contributed by atoms with E-state index in [4.69, 9.17) is 0 Å². The average Bonchev–Trinajstić information content (AvgIpc) is 2.57. The Balaban J connectivity index is 1.74. The zero-order chi connectivity index (χ0) is 17.5. The van der Waals surface area contributed by atoms with Gasteiger partial charge >= 0.3 is 0 Å². The van der Waals surface area contributed by atoms with Gasteiger partial charge in [0.05, 0.1) is 6.54 Å². The van der Waals surface area contributed by atoms with E-state index >= 15 is 0 Å². The summed E-state index contributed by atoms with van der Waals surface area (Å²) < 4.78 is 26.1. The van der Waals surface area contributed by atoms with Crippen molar-refractivity contribution in [3.8, 4) is 0 Å². The Morgan fingerprint density at radius 2 is 1.88 bits per heavy atom. The van der Waals surface area contributed by atoms with Crippen molar-refractivity contribution in [1.82, 2.24) is 10.6 Å². The maximum Gasteiger partial charge on any atom is 0.233 e. The molecule has 5 heteroatoms. The fraction of sp³-hybridized carbons (Fsp3) is 0.316. The molecule has 2 aromatic carbocycles. The van der Waals surface area contributed by atoms with Crippen molar-refractivity contribution in [2.75, 3.05) is 13.1 Å². The molecule has 24 heavy (non-hydrogen) atoms.